The van der Waals surface area contributed by atoms with Crippen molar-refractivity contribution in [3.05, 3.63) is 64.8 Å². The molecule has 0 spiro atoms. The van der Waals surface area contributed by atoms with Crippen molar-refractivity contribution in [3.63, 3.8) is 0 Å². The predicted octanol–water partition coefficient (Wildman–Crippen LogP) is 3.10. The molecule has 2 aromatic carbocycles. The maximum absolute atomic E-state index is 11.7. The fraction of sp³-hybridized carbons (Fsp3) is 0.150. The van der Waals surface area contributed by atoms with Crippen molar-refractivity contribution in [2.45, 2.75) is 6.92 Å². The molecule has 4 aromatic rings. The zero-order chi connectivity index (χ0) is 22.2. The number of sulfonamides is 1. The average molecular weight is 440 g/mol. The summed E-state index contributed by atoms with van der Waals surface area (Å²) in [4.78, 5) is 22.8. The Balaban J connectivity index is 1.54. The number of hydrogen-bond donors (Lipinski definition) is 3. The molecule has 0 bridgehead atoms. The first-order valence-electron chi connectivity index (χ1n) is 9.23. The van der Waals surface area contributed by atoms with E-state index in [4.69, 9.17) is 4.42 Å². The van der Waals surface area contributed by atoms with Crippen LogP contribution < -0.4 is 20.7 Å². The topological polar surface area (TPSA) is 133 Å². The first-order chi connectivity index (χ1) is 14.7. The molecule has 3 N–H and O–H groups in total. The van der Waals surface area contributed by atoms with Crippen LogP contribution in [0.4, 0.5) is 28.8 Å². The molecule has 0 saturated heterocycles. The quantitative estimate of drug-likeness (QED) is 0.416. The number of aromatic nitrogens is 3. The Kier molecular flexibility index (Phi) is 5.11. The van der Waals surface area contributed by atoms with Gasteiger partial charge in [0.25, 0.3) is 0 Å². The highest BCUT2D eigenvalue weighted by molar-refractivity contribution is 7.92. The Hall–Kier alpha value is -3.86. The fourth-order valence-electron chi connectivity index (χ4n) is 2.87. The van der Waals surface area contributed by atoms with Crippen molar-refractivity contribution in [3.8, 4) is 0 Å². The molecule has 0 radical (unpaired) electrons. The molecule has 4 rings (SSSR count). The number of oxazole rings is 1. The standard InChI is InChI=1S/C20H20N6O4S/c1-12-11-21-19(23-13-4-7-15(8-5-13)26(2)31(3,28)29)25-18(12)22-14-6-9-17-16(10-14)24-20(27)30-17/h4-11H,1-3H3,(H,24,27)(H2,21,22,23,25). The summed E-state index contributed by atoms with van der Waals surface area (Å²) in [6, 6.07) is 12.1. The molecule has 31 heavy (non-hydrogen) atoms. The van der Waals surface area contributed by atoms with Gasteiger partial charge in [-0.2, -0.15) is 4.98 Å². The van der Waals surface area contributed by atoms with Gasteiger partial charge in [0, 0.05) is 30.2 Å². The van der Waals surface area contributed by atoms with Gasteiger partial charge in [0.15, 0.2) is 5.58 Å². The van der Waals surface area contributed by atoms with Crippen LogP contribution in [0.2, 0.25) is 0 Å². The lowest BCUT2D eigenvalue weighted by Crippen LogP contribution is -2.24. The number of aryl methyl sites for hydroxylation is 1. The Morgan fingerprint density at radius 2 is 1.77 bits per heavy atom. The molecular formula is C20H20N6O4S. The first-order valence-corrected chi connectivity index (χ1v) is 11.1. The summed E-state index contributed by atoms with van der Waals surface area (Å²) in [7, 11) is -1.83. The largest absolute Gasteiger partial charge is 0.417 e. The number of fused-ring (bicyclic) bond motifs is 1. The lowest BCUT2D eigenvalue weighted by Gasteiger charge is -2.17. The monoisotopic (exact) mass is 440 g/mol. The molecule has 0 fully saturated rings. The van der Waals surface area contributed by atoms with E-state index in [2.05, 4.69) is 25.6 Å². The molecule has 0 aliphatic carbocycles. The third kappa shape index (κ3) is 4.51. The third-order valence-electron chi connectivity index (χ3n) is 4.64. The van der Waals surface area contributed by atoms with Crippen LogP contribution in [-0.4, -0.2) is 36.7 Å². The van der Waals surface area contributed by atoms with E-state index in [1.54, 1.807) is 48.7 Å². The smallest absolute Gasteiger partial charge is 0.408 e. The van der Waals surface area contributed by atoms with E-state index in [0.717, 1.165) is 17.5 Å². The maximum atomic E-state index is 11.7. The number of rotatable bonds is 6. The van der Waals surface area contributed by atoms with E-state index in [-0.39, 0.29) is 0 Å². The SMILES string of the molecule is Cc1cnc(Nc2ccc(N(C)S(C)(=O)=O)cc2)nc1Nc1ccc2oc(=O)[nH]c2c1. The van der Waals surface area contributed by atoms with Gasteiger partial charge in [-0.3, -0.25) is 9.29 Å². The van der Waals surface area contributed by atoms with Gasteiger partial charge in [-0.05, 0) is 49.4 Å². The molecule has 11 heteroatoms. The average Bonchev–Trinajstić information content (AvgIpc) is 3.09. The molecule has 0 aliphatic rings. The maximum Gasteiger partial charge on any atom is 0.417 e. The number of anilines is 5. The number of nitrogens with zero attached hydrogens (tertiary/aromatic N) is 3. The Morgan fingerprint density at radius 1 is 1.06 bits per heavy atom. The zero-order valence-corrected chi connectivity index (χ0v) is 17.8. The van der Waals surface area contributed by atoms with Crippen LogP contribution in [0.15, 0.2) is 57.9 Å². The summed E-state index contributed by atoms with van der Waals surface area (Å²) in [6.45, 7) is 1.88. The van der Waals surface area contributed by atoms with Gasteiger partial charge in [0.05, 0.1) is 17.5 Å². The lowest BCUT2D eigenvalue weighted by atomic mass is 10.2. The highest BCUT2D eigenvalue weighted by Gasteiger charge is 2.12. The first kappa shape index (κ1) is 20.4. The molecule has 160 valence electrons. The molecule has 2 heterocycles. The summed E-state index contributed by atoms with van der Waals surface area (Å²) >= 11 is 0. The fourth-order valence-corrected chi connectivity index (χ4v) is 3.38. The molecule has 2 aromatic heterocycles. The molecular weight excluding hydrogens is 420 g/mol. The van der Waals surface area contributed by atoms with Crippen LogP contribution in [0.25, 0.3) is 11.1 Å². The minimum Gasteiger partial charge on any atom is -0.408 e. The normalized spacial score (nSPS) is 11.5. The third-order valence-corrected chi connectivity index (χ3v) is 5.84. The highest BCUT2D eigenvalue weighted by Crippen LogP contribution is 2.24. The summed E-state index contributed by atoms with van der Waals surface area (Å²) in [5, 5.41) is 6.31. The van der Waals surface area contributed by atoms with Crippen LogP contribution >= 0.6 is 0 Å². The number of hydrogen-bond acceptors (Lipinski definition) is 8. The number of nitrogens with one attached hydrogen (secondary N) is 3. The molecule has 0 aliphatic heterocycles. The van der Waals surface area contributed by atoms with Gasteiger partial charge in [0.1, 0.15) is 5.82 Å². The number of aromatic amines is 1. The van der Waals surface area contributed by atoms with Crippen molar-refractivity contribution in [1.29, 1.82) is 0 Å². The van der Waals surface area contributed by atoms with Gasteiger partial charge in [0.2, 0.25) is 16.0 Å². The van der Waals surface area contributed by atoms with E-state index < -0.39 is 15.8 Å². The molecule has 10 nitrogen and oxygen atoms in total. The second-order valence-corrected chi connectivity index (χ2v) is 8.99. The summed E-state index contributed by atoms with van der Waals surface area (Å²) < 4.78 is 29.5. The predicted molar refractivity (Wildman–Crippen MR) is 120 cm³/mol. The van der Waals surface area contributed by atoms with Crippen molar-refractivity contribution in [2.24, 2.45) is 0 Å². The van der Waals surface area contributed by atoms with Crippen molar-refractivity contribution < 1.29 is 12.8 Å². The van der Waals surface area contributed by atoms with Gasteiger partial charge in [-0.25, -0.2) is 18.2 Å². The van der Waals surface area contributed by atoms with Crippen LogP contribution in [-0.2, 0) is 10.0 Å². The molecule has 0 amide bonds. The van der Waals surface area contributed by atoms with E-state index in [9.17, 15) is 13.2 Å². The van der Waals surface area contributed by atoms with E-state index >= 15 is 0 Å². The number of benzene rings is 2. The van der Waals surface area contributed by atoms with Gasteiger partial charge >= 0.3 is 5.76 Å². The van der Waals surface area contributed by atoms with Crippen molar-refractivity contribution in [2.75, 3.05) is 28.2 Å². The summed E-state index contributed by atoms with van der Waals surface area (Å²) in [5.74, 6) is 0.455. The van der Waals surface area contributed by atoms with Gasteiger partial charge < -0.3 is 15.1 Å². The Morgan fingerprint density at radius 3 is 2.48 bits per heavy atom. The van der Waals surface area contributed by atoms with Crippen molar-refractivity contribution in [1.82, 2.24) is 15.0 Å². The van der Waals surface area contributed by atoms with E-state index in [0.29, 0.717) is 34.2 Å². The second-order valence-electron chi connectivity index (χ2n) is 6.98. The van der Waals surface area contributed by atoms with Gasteiger partial charge in [-0.15, -0.1) is 0 Å². The highest BCUT2D eigenvalue weighted by atomic mass is 32.2. The van der Waals surface area contributed by atoms with Crippen LogP contribution in [0.1, 0.15) is 5.56 Å². The van der Waals surface area contributed by atoms with Crippen LogP contribution in [0, 0.1) is 6.92 Å². The molecule has 0 unspecified atom stereocenters. The van der Waals surface area contributed by atoms with E-state index in [1.807, 2.05) is 6.92 Å². The van der Waals surface area contributed by atoms with Gasteiger partial charge in [-0.1, -0.05) is 0 Å². The molecule has 0 saturated carbocycles. The zero-order valence-electron chi connectivity index (χ0n) is 17.0. The Labute approximate surface area is 178 Å². The molecule has 0 atom stereocenters. The minimum atomic E-state index is -3.33. The lowest BCUT2D eigenvalue weighted by molar-refractivity contribution is 0.555. The summed E-state index contributed by atoms with van der Waals surface area (Å²) in [5.41, 5.74) is 3.87. The van der Waals surface area contributed by atoms with Crippen molar-refractivity contribution >= 4 is 50.0 Å². The minimum absolute atomic E-state index is 0.370. The Bertz CT molecular complexity index is 1410. The van der Waals surface area contributed by atoms with E-state index in [1.165, 1.54) is 11.4 Å². The van der Waals surface area contributed by atoms with Crippen LogP contribution in [0.3, 0.4) is 0 Å². The second kappa shape index (κ2) is 7.76. The summed E-state index contributed by atoms with van der Waals surface area (Å²) in [6.07, 6.45) is 2.83. The van der Waals surface area contributed by atoms with Crippen LogP contribution in [0.5, 0.6) is 0 Å². The number of H-pyrrole nitrogens is 1.